The molecule has 0 unspecified atom stereocenters. The van der Waals surface area contributed by atoms with Crippen LogP contribution in [0.5, 0.6) is 11.6 Å². The van der Waals surface area contributed by atoms with E-state index in [0.29, 0.717) is 23.6 Å². The van der Waals surface area contributed by atoms with Crippen LogP contribution in [0.15, 0.2) is 48.7 Å². The van der Waals surface area contributed by atoms with Crippen LogP contribution in [0.1, 0.15) is 23.7 Å². The molecule has 3 heteroatoms. The molecule has 1 aromatic heterocycles. The van der Waals surface area contributed by atoms with Crippen molar-refractivity contribution in [3.05, 3.63) is 54.2 Å². The summed E-state index contributed by atoms with van der Waals surface area (Å²) in [4.78, 5) is 15.6. The van der Waals surface area contributed by atoms with E-state index in [0.717, 1.165) is 0 Å². The molecule has 3 nitrogen and oxygen atoms in total. The van der Waals surface area contributed by atoms with Gasteiger partial charge in [0.1, 0.15) is 5.75 Å². The lowest BCUT2D eigenvalue weighted by Crippen LogP contribution is -1.96. The van der Waals surface area contributed by atoms with Crippen molar-refractivity contribution in [1.82, 2.24) is 4.98 Å². The van der Waals surface area contributed by atoms with E-state index in [2.05, 4.69) is 4.98 Å². The maximum absolute atomic E-state index is 11.5. The van der Waals surface area contributed by atoms with E-state index in [-0.39, 0.29) is 5.78 Å². The normalized spacial score (nSPS) is 9.94. The molecule has 17 heavy (non-hydrogen) atoms. The zero-order chi connectivity index (χ0) is 12.1. The molecular formula is C14H13NO2. The van der Waals surface area contributed by atoms with Crippen molar-refractivity contribution in [3.8, 4) is 11.6 Å². The topological polar surface area (TPSA) is 39.2 Å². The molecule has 0 bridgehead atoms. The summed E-state index contributed by atoms with van der Waals surface area (Å²) in [5.74, 6) is 1.26. The van der Waals surface area contributed by atoms with Gasteiger partial charge in [-0.15, -0.1) is 0 Å². The first-order chi connectivity index (χ1) is 8.29. The fourth-order valence-corrected chi connectivity index (χ4v) is 1.47. The molecule has 86 valence electrons. The molecule has 0 aliphatic heterocycles. The monoisotopic (exact) mass is 227 g/mol. The smallest absolute Gasteiger partial charge is 0.219 e. The molecule has 0 atom stereocenters. The molecule has 2 rings (SSSR count). The van der Waals surface area contributed by atoms with E-state index in [1.807, 2.05) is 19.1 Å². The Kier molecular flexibility index (Phi) is 3.50. The molecule has 2 aromatic rings. The Labute approximate surface area is 100 Å². The number of ether oxygens (including phenoxy) is 1. The van der Waals surface area contributed by atoms with Crippen molar-refractivity contribution in [3.63, 3.8) is 0 Å². The van der Waals surface area contributed by atoms with Crippen LogP contribution < -0.4 is 4.74 Å². The Bertz CT molecular complexity index is 509. The van der Waals surface area contributed by atoms with Crippen LogP contribution in [0.3, 0.4) is 0 Å². The fourth-order valence-electron chi connectivity index (χ4n) is 1.47. The van der Waals surface area contributed by atoms with Crippen LogP contribution in [0.2, 0.25) is 0 Å². The summed E-state index contributed by atoms with van der Waals surface area (Å²) in [5, 5.41) is 0. The average Bonchev–Trinajstić information content (AvgIpc) is 2.39. The van der Waals surface area contributed by atoms with Crippen molar-refractivity contribution in [1.29, 1.82) is 0 Å². The number of carbonyl (C=O) groups is 1. The second-order valence-corrected chi connectivity index (χ2v) is 3.57. The molecule has 1 heterocycles. The van der Waals surface area contributed by atoms with E-state index in [1.165, 1.54) is 0 Å². The predicted octanol–water partition coefficient (Wildman–Crippen LogP) is 3.47. The highest BCUT2D eigenvalue weighted by Crippen LogP contribution is 2.20. The van der Waals surface area contributed by atoms with Gasteiger partial charge in [-0.3, -0.25) is 4.79 Å². The summed E-state index contributed by atoms with van der Waals surface area (Å²) >= 11 is 0. The number of pyridine rings is 1. The first-order valence-corrected chi connectivity index (χ1v) is 5.51. The van der Waals surface area contributed by atoms with Gasteiger partial charge >= 0.3 is 0 Å². The molecule has 0 aliphatic rings. The highest BCUT2D eigenvalue weighted by Gasteiger charge is 2.04. The van der Waals surface area contributed by atoms with E-state index >= 15 is 0 Å². The largest absolute Gasteiger partial charge is 0.439 e. The number of benzene rings is 1. The fraction of sp³-hybridized carbons (Fsp3) is 0.143. The Hall–Kier alpha value is -2.16. The first-order valence-electron chi connectivity index (χ1n) is 5.51. The molecule has 0 aliphatic carbocycles. The van der Waals surface area contributed by atoms with E-state index in [1.54, 1.807) is 36.5 Å². The summed E-state index contributed by atoms with van der Waals surface area (Å²) < 4.78 is 5.55. The Morgan fingerprint density at radius 3 is 2.82 bits per heavy atom. The van der Waals surface area contributed by atoms with Crippen LogP contribution in [0.25, 0.3) is 0 Å². The third-order valence-corrected chi connectivity index (χ3v) is 2.34. The molecular weight excluding hydrogens is 214 g/mol. The van der Waals surface area contributed by atoms with Crippen molar-refractivity contribution < 1.29 is 9.53 Å². The molecule has 1 aromatic carbocycles. The molecule has 0 N–H and O–H groups in total. The van der Waals surface area contributed by atoms with Gasteiger partial charge in [-0.1, -0.05) is 25.1 Å². The molecule has 0 amide bonds. The highest BCUT2D eigenvalue weighted by molar-refractivity contribution is 5.96. The van der Waals surface area contributed by atoms with Crippen LogP contribution in [0.4, 0.5) is 0 Å². The van der Waals surface area contributed by atoms with Crippen molar-refractivity contribution in [2.75, 3.05) is 0 Å². The zero-order valence-corrected chi connectivity index (χ0v) is 9.59. The minimum absolute atomic E-state index is 0.108. The third kappa shape index (κ3) is 2.91. The number of rotatable bonds is 4. The van der Waals surface area contributed by atoms with Crippen molar-refractivity contribution >= 4 is 5.78 Å². The van der Waals surface area contributed by atoms with Crippen LogP contribution >= 0.6 is 0 Å². The summed E-state index contributed by atoms with van der Waals surface area (Å²) in [6.45, 7) is 1.84. The summed E-state index contributed by atoms with van der Waals surface area (Å²) in [6.07, 6.45) is 2.16. The van der Waals surface area contributed by atoms with Crippen LogP contribution in [-0.4, -0.2) is 10.8 Å². The second kappa shape index (κ2) is 5.25. The maximum atomic E-state index is 11.5. The van der Waals surface area contributed by atoms with Gasteiger partial charge in [-0.05, 0) is 18.2 Å². The lowest BCUT2D eigenvalue weighted by Gasteiger charge is -2.05. The second-order valence-electron chi connectivity index (χ2n) is 3.57. The third-order valence-electron chi connectivity index (χ3n) is 2.34. The maximum Gasteiger partial charge on any atom is 0.219 e. The molecule has 0 saturated heterocycles. The van der Waals surface area contributed by atoms with Gasteiger partial charge in [0.15, 0.2) is 5.78 Å². The van der Waals surface area contributed by atoms with Crippen molar-refractivity contribution in [2.24, 2.45) is 0 Å². The van der Waals surface area contributed by atoms with Gasteiger partial charge in [0.25, 0.3) is 0 Å². The summed E-state index contributed by atoms with van der Waals surface area (Å²) in [6, 6.07) is 12.6. The lowest BCUT2D eigenvalue weighted by atomic mass is 10.1. The van der Waals surface area contributed by atoms with Gasteiger partial charge in [0, 0.05) is 24.2 Å². The van der Waals surface area contributed by atoms with E-state index in [9.17, 15) is 4.79 Å². The number of nitrogens with zero attached hydrogens (tertiary/aromatic N) is 1. The number of hydrogen-bond acceptors (Lipinski definition) is 3. The number of ketones is 1. The van der Waals surface area contributed by atoms with Crippen LogP contribution in [0, 0.1) is 0 Å². The van der Waals surface area contributed by atoms with Gasteiger partial charge in [-0.25, -0.2) is 4.98 Å². The minimum atomic E-state index is 0.108. The quantitative estimate of drug-likeness (QED) is 0.751. The number of Topliss-reactive ketones (excluding diaryl/α,β-unsaturated/α-hetero) is 1. The Morgan fingerprint density at radius 2 is 2.12 bits per heavy atom. The first kappa shape index (κ1) is 11.3. The predicted molar refractivity (Wildman–Crippen MR) is 65.4 cm³/mol. The Balaban J connectivity index is 2.20. The SMILES string of the molecule is CCC(=O)c1cccc(Oc2ccccn2)c1. The number of carbonyl (C=O) groups excluding carboxylic acids is 1. The molecule has 0 fully saturated rings. The Morgan fingerprint density at radius 1 is 1.24 bits per heavy atom. The zero-order valence-electron chi connectivity index (χ0n) is 9.59. The van der Waals surface area contributed by atoms with Gasteiger partial charge in [-0.2, -0.15) is 0 Å². The van der Waals surface area contributed by atoms with Gasteiger partial charge < -0.3 is 4.74 Å². The minimum Gasteiger partial charge on any atom is -0.439 e. The molecule has 0 spiro atoms. The van der Waals surface area contributed by atoms with Crippen LogP contribution in [-0.2, 0) is 0 Å². The van der Waals surface area contributed by atoms with Crippen molar-refractivity contribution in [2.45, 2.75) is 13.3 Å². The number of aromatic nitrogens is 1. The highest BCUT2D eigenvalue weighted by atomic mass is 16.5. The van der Waals surface area contributed by atoms with E-state index in [4.69, 9.17) is 4.74 Å². The molecule has 0 radical (unpaired) electrons. The van der Waals surface area contributed by atoms with Gasteiger partial charge in [0.05, 0.1) is 0 Å². The number of hydrogen-bond donors (Lipinski definition) is 0. The van der Waals surface area contributed by atoms with Gasteiger partial charge in [0.2, 0.25) is 5.88 Å². The summed E-state index contributed by atoms with van der Waals surface area (Å²) in [5.41, 5.74) is 0.668. The summed E-state index contributed by atoms with van der Waals surface area (Å²) in [7, 11) is 0. The lowest BCUT2D eigenvalue weighted by molar-refractivity contribution is 0.0988. The average molecular weight is 227 g/mol. The van der Waals surface area contributed by atoms with E-state index < -0.39 is 0 Å². The molecule has 0 saturated carbocycles. The standard InChI is InChI=1S/C14H13NO2/c1-2-13(16)11-6-5-7-12(10-11)17-14-8-3-4-9-15-14/h3-10H,2H2,1H3.